The molecule has 0 aliphatic heterocycles. The van der Waals surface area contributed by atoms with Gasteiger partial charge in [-0.25, -0.2) is 4.99 Å². The quantitative estimate of drug-likeness (QED) is 0.396. The zero-order valence-electron chi connectivity index (χ0n) is 3.93. The molecule has 0 saturated carbocycles. The molecular formula is C4H7NO. The first-order chi connectivity index (χ1) is 2.77. The molecular weight excluding hydrogens is 78.0 g/mol. The molecule has 0 saturated heterocycles. The Labute approximate surface area is 36.9 Å². The molecule has 6 heavy (non-hydrogen) atoms. The van der Waals surface area contributed by atoms with E-state index in [4.69, 9.17) is 0 Å². The van der Waals surface area contributed by atoms with Gasteiger partial charge in [-0.05, 0) is 6.92 Å². The van der Waals surface area contributed by atoms with E-state index in [1.165, 1.54) is 13.1 Å². The summed E-state index contributed by atoms with van der Waals surface area (Å²) < 4.78 is 0. The number of carbonyl (C=O) groups is 1. The van der Waals surface area contributed by atoms with Crippen LogP contribution in [0.5, 0.6) is 0 Å². The molecule has 0 aromatic heterocycles. The van der Waals surface area contributed by atoms with E-state index < -0.39 is 0 Å². The predicted molar refractivity (Wildman–Crippen MR) is 24.8 cm³/mol. The van der Waals surface area contributed by atoms with Crippen LogP contribution >= 0.6 is 0 Å². The third-order valence-corrected chi connectivity index (χ3v) is 0.311. The summed E-state index contributed by atoms with van der Waals surface area (Å²) >= 11 is 0. The largest absolute Gasteiger partial charge is 0.273 e. The highest BCUT2D eigenvalue weighted by molar-refractivity contribution is 5.81. The molecule has 0 N–H and O–H groups in total. The number of rotatable bonds is 0. The molecule has 0 aromatic rings. The maximum Gasteiger partial charge on any atom is 0.242 e. The summed E-state index contributed by atoms with van der Waals surface area (Å²) in [6.07, 6.45) is 1.47. The van der Waals surface area contributed by atoms with Crippen molar-refractivity contribution >= 4 is 12.1 Å². The van der Waals surface area contributed by atoms with Gasteiger partial charge in [0.1, 0.15) is 0 Å². The second-order valence-electron chi connectivity index (χ2n) is 0.906. The van der Waals surface area contributed by atoms with E-state index in [1.807, 2.05) is 0 Å². The number of carbonyl (C=O) groups excluding carboxylic acids is 1. The fourth-order valence-corrected chi connectivity index (χ4v) is 0.182. The van der Waals surface area contributed by atoms with Crippen LogP contribution in [-0.4, -0.2) is 12.1 Å². The first kappa shape index (κ1) is 5.34. The lowest BCUT2D eigenvalue weighted by Gasteiger charge is -1.69. The third-order valence-electron chi connectivity index (χ3n) is 0.311. The highest BCUT2D eigenvalue weighted by Gasteiger charge is 1.73. The Hall–Kier alpha value is -0.660. The molecule has 0 aliphatic carbocycles. The fraction of sp³-hybridized carbons (Fsp3) is 0.500. The van der Waals surface area contributed by atoms with E-state index in [2.05, 4.69) is 4.99 Å². The van der Waals surface area contributed by atoms with Gasteiger partial charge in [-0.2, -0.15) is 0 Å². The minimum absolute atomic E-state index is 0.141. The molecule has 2 heteroatoms. The van der Waals surface area contributed by atoms with E-state index in [1.54, 1.807) is 6.92 Å². The molecule has 1 amide bonds. The topological polar surface area (TPSA) is 29.4 Å². The lowest BCUT2D eigenvalue weighted by atomic mass is 10.7. The van der Waals surface area contributed by atoms with E-state index in [9.17, 15) is 4.79 Å². The number of hydrogen-bond donors (Lipinski definition) is 0. The van der Waals surface area contributed by atoms with E-state index in [0.29, 0.717) is 0 Å². The van der Waals surface area contributed by atoms with Crippen molar-refractivity contribution in [3.8, 4) is 0 Å². The smallest absolute Gasteiger partial charge is 0.242 e. The van der Waals surface area contributed by atoms with Crippen LogP contribution in [0.4, 0.5) is 0 Å². The van der Waals surface area contributed by atoms with Crippen LogP contribution in [-0.2, 0) is 4.79 Å². The van der Waals surface area contributed by atoms with Crippen molar-refractivity contribution in [3.63, 3.8) is 0 Å². The van der Waals surface area contributed by atoms with Crippen molar-refractivity contribution in [2.75, 3.05) is 0 Å². The monoisotopic (exact) mass is 85.1 g/mol. The molecule has 0 bridgehead atoms. The van der Waals surface area contributed by atoms with Gasteiger partial charge in [0.25, 0.3) is 0 Å². The molecule has 2 nitrogen and oxygen atoms in total. The second-order valence-corrected chi connectivity index (χ2v) is 0.906. The van der Waals surface area contributed by atoms with Crippen LogP contribution < -0.4 is 0 Å². The number of hydrogen-bond acceptors (Lipinski definition) is 1. The second kappa shape index (κ2) is 2.57. The van der Waals surface area contributed by atoms with Crippen molar-refractivity contribution in [1.82, 2.24) is 0 Å². The zero-order valence-corrected chi connectivity index (χ0v) is 3.93. The molecule has 0 aliphatic rings. The van der Waals surface area contributed by atoms with Gasteiger partial charge in [0.05, 0.1) is 0 Å². The van der Waals surface area contributed by atoms with E-state index in [0.717, 1.165) is 0 Å². The van der Waals surface area contributed by atoms with Crippen LogP contribution in [0.2, 0.25) is 0 Å². The normalized spacial score (nSPS) is 9.67. The maximum absolute atomic E-state index is 9.85. The standard InChI is InChI=1S/C4H7NO/c1-3-5-4(2)6/h3H,1-2H3. The molecule has 0 rings (SSSR count). The lowest BCUT2D eigenvalue weighted by Crippen LogP contribution is -1.78. The van der Waals surface area contributed by atoms with Crippen molar-refractivity contribution in [2.45, 2.75) is 13.8 Å². The van der Waals surface area contributed by atoms with Gasteiger partial charge in [0, 0.05) is 13.1 Å². The van der Waals surface area contributed by atoms with Crippen molar-refractivity contribution in [2.24, 2.45) is 4.99 Å². The van der Waals surface area contributed by atoms with Crippen LogP contribution in [0.25, 0.3) is 0 Å². The van der Waals surface area contributed by atoms with Gasteiger partial charge in [-0.3, -0.25) is 4.79 Å². The van der Waals surface area contributed by atoms with Crippen molar-refractivity contribution in [1.29, 1.82) is 0 Å². The molecule has 0 fully saturated rings. The number of aliphatic imine (C=N–C) groups is 1. The Morgan fingerprint density at radius 2 is 2.33 bits per heavy atom. The molecule has 0 radical (unpaired) electrons. The SMILES string of the molecule is CC=NC(C)=O. The van der Waals surface area contributed by atoms with Gasteiger partial charge in [0.2, 0.25) is 5.91 Å². The lowest BCUT2D eigenvalue weighted by molar-refractivity contribution is -0.115. The minimum atomic E-state index is -0.141. The van der Waals surface area contributed by atoms with Gasteiger partial charge >= 0.3 is 0 Å². The van der Waals surface area contributed by atoms with Crippen LogP contribution in [0.3, 0.4) is 0 Å². The first-order valence-corrected chi connectivity index (χ1v) is 1.76. The average molecular weight is 85.1 g/mol. The summed E-state index contributed by atoms with van der Waals surface area (Å²) in [7, 11) is 0. The van der Waals surface area contributed by atoms with Crippen LogP contribution in [0.1, 0.15) is 13.8 Å². The van der Waals surface area contributed by atoms with Crippen molar-refractivity contribution in [3.05, 3.63) is 0 Å². The number of amides is 1. The Morgan fingerprint density at radius 3 is 2.33 bits per heavy atom. The van der Waals surface area contributed by atoms with E-state index >= 15 is 0 Å². The van der Waals surface area contributed by atoms with Gasteiger partial charge < -0.3 is 0 Å². The highest BCUT2D eigenvalue weighted by Crippen LogP contribution is 1.63. The summed E-state index contributed by atoms with van der Waals surface area (Å²) in [4.78, 5) is 13.2. The van der Waals surface area contributed by atoms with Gasteiger partial charge in [-0.1, -0.05) is 0 Å². The highest BCUT2D eigenvalue weighted by atomic mass is 16.1. The number of nitrogens with zero attached hydrogens (tertiary/aromatic N) is 1. The van der Waals surface area contributed by atoms with Gasteiger partial charge in [0.15, 0.2) is 0 Å². The average Bonchev–Trinajstić information content (AvgIpc) is 1.35. The maximum atomic E-state index is 9.85. The molecule has 0 unspecified atom stereocenters. The zero-order chi connectivity index (χ0) is 4.99. The van der Waals surface area contributed by atoms with Crippen LogP contribution in [0.15, 0.2) is 4.99 Å². The molecule has 0 spiro atoms. The Bertz CT molecular complexity index is 75.6. The summed E-state index contributed by atoms with van der Waals surface area (Å²) in [6, 6.07) is 0. The Balaban J connectivity index is 3.30. The molecule has 34 valence electrons. The first-order valence-electron chi connectivity index (χ1n) is 1.76. The molecule has 0 atom stereocenters. The Kier molecular flexibility index (Phi) is 2.29. The minimum Gasteiger partial charge on any atom is -0.273 e. The van der Waals surface area contributed by atoms with Crippen molar-refractivity contribution < 1.29 is 4.79 Å². The molecule has 0 aromatic carbocycles. The van der Waals surface area contributed by atoms with Gasteiger partial charge in [-0.15, -0.1) is 0 Å². The molecule has 0 heterocycles. The Morgan fingerprint density at radius 1 is 1.83 bits per heavy atom. The predicted octanol–water partition coefficient (Wildman–Crippen LogP) is 0.624. The van der Waals surface area contributed by atoms with E-state index in [-0.39, 0.29) is 5.91 Å². The summed E-state index contributed by atoms with van der Waals surface area (Å²) in [5.41, 5.74) is 0. The summed E-state index contributed by atoms with van der Waals surface area (Å²) in [6.45, 7) is 3.13. The van der Waals surface area contributed by atoms with Crippen LogP contribution in [0, 0.1) is 0 Å². The summed E-state index contributed by atoms with van der Waals surface area (Å²) in [5, 5.41) is 0. The third kappa shape index (κ3) is 3.34. The fourth-order valence-electron chi connectivity index (χ4n) is 0.182. The summed E-state index contributed by atoms with van der Waals surface area (Å²) in [5.74, 6) is -0.141.